The van der Waals surface area contributed by atoms with Gasteiger partial charge in [-0.15, -0.1) is 0 Å². The number of halogens is 2. The monoisotopic (exact) mass is 468 g/mol. The molecule has 0 saturated carbocycles. The van der Waals surface area contributed by atoms with E-state index in [-0.39, 0.29) is 11.1 Å². The SMILES string of the molecule is CC(=O)OC[C@H]1O[C@@H](n2cc(Br)c(=O)[nH]c2=O)[C@@H](Br)[C@@H]1OC(C)=O. The van der Waals surface area contributed by atoms with Crippen molar-refractivity contribution in [3.05, 3.63) is 31.5 Å². The van der Waals surface area contributed by atoms with Gasteiger partial charge in [0.05, 0.1) is 9.30 Å². The Morgan fingerprint density at radius 3 is 2.58 bits per heavy atom. The number of aromatic amines is 1. The summed E-state index contributed by atoms with van der Waals surface area (Å²) in [6, 6.07) is 0. The molecule has 1 fully saturated rings. The van der Waals surface area contributed by atoms with Crippen LogP contribution < -0.4 is 11.2 Å². The number of ether oxygens (including phenoxy) is 3. The minimum atomic E-state index is -0.879. The second-order valence-electron chi connectivity index (χ2n) is 5.03. The molecule has 0 radical (unpaired) electrons. The van der Waals surface area contributed by atoms with Gasteiger partial charge in [0, 0.05) is 20.0 Å². The molecule has 0 spiro atoms. The van der Waals surface area contributed by atoms with E-state index < -0.39 is 46.5 Å². The summed E-state index contributed by atoms with van der Waals surface area (Å²) in [5.74, 6) is -1.06. The van der Waals surface area contributed by atoms with E-state index in [0.717, 1.165) is 4.57 Å². The molecular formula is C13H14Br2N2O7. The molecule has 1 aliphatic rings. The normalized spacial score (nSPS) is 26.2. The number of nitrogens with zero attached hydrogens (tertiary/aromatic N) is 1. The third-order valence-corrected chi connectivity index (χ3v) is 4.76. The van der Waals surface area contributed by atoms with Crippen molar-refractivity contribution >= 4 is 43.8 Å². The van der Waals surface area contributed by atoms with Crippen LogP contribution in [0, 0.1) is 0 Å². The molecule has 0 aliphatic carbocycles. The fraction of sp³-hybridized carbons (Fsp3) is 0.538. The van der Waals surface area contributed by atoms with E-state index in [2.05, 4.69) is 36.8 Å². The molecule has 24 heavy (non-hydrogen) atoms. The van der Waals surface area contributed by atoms with Crippen molar-refractivity contribution in [3.8, 4) is 0 Å². The number of rotatable bonds is 4. The maximum absolute atomic E-state index is 12.0. The van der Waals surface area contributed by atoms with E-state index in [1.165, 1.54) is 20.0 Å². The van der Waals surface area contributed by atoms with Gasteiger partial charge in [-0.25, -0.2) is 4.79 Å². The van der Waals surface area contributed by atoms with Gasteiger partial charge in [0.2, 0.25) is 0 Å². The lowest BCUT2D eigenvalue weighted by Crippen LogP contribution is -2.37. The molecule has 132 valence electrons. The highest BCUT2D eigenvalue weighted by Crippen LogP contribution is 2.36. The van der Waals surface area contributed by atoms with Crippen LogP contribution in [0.2, 0.25) is 0 Å². The van der Waals surface area contributed by atoms with Crippen LogP contribution in [0.4, 0.5) is 0 Å². The number of aromatic nitrogens is 2. The van der Waals surface area contributed by atoms with Crippen LogP contribution in [0.3, 0.4) is 0 Å². The largest absolute Gasteiger partial charge is 0.463 e. The third kappa shape index (κ3) is 4.14. The summed E-state index contributed by atoms with van der Waals surface area (Å²) >= 11 is 6.39. The van der Waals surface area contributed by atoms with E-state index in [4.69, 9.17) is 14.2 Å². The summed E-state index contributed by atoms with van der Waals surface area (Å²) < 4.78 is 17.1. The molecule has 1 N–H and O–H groups in total. The molecule has 1 aromatic heterocycles. The average Bonchev–Trinajstić information content (AvgIpc) is 2.77. The Hall–Kier alpha value is -1.46. The first-order chi connectivity index (χ1) is 11.2. The van der Waals surface area contributed by atoms with Crippen LogP contribution >= 0.6 is 31.9 Å². The molecule has 1 aliphatic heterocycles. The van der Waals surface area contributed by atoms with Gasteiger partial charge in [0.1, 0.15) is 18.8 Å². The zero-order chi connectivity index (χ0) is 18.0. The Labute approximate surface area is 152 Å². The Kier molecular flexibility index (Phi) is 5.99. The summed E-state index contributed by atoms with van der Waals surface area (Å²) in [5.41, 5.74) is -1.26. The number of nitrogens with one attached hydrogen (secondary N) is 1. The van der Waals surface area contributed by atoms with Gasteiger partial charge in [0.25, 0.3) is 5.56 Å². The van der Waals surface area contributed by atoms with Crippen LogP contribution in [0.15, 0.2) is 20.3 Å². The van der Waals surface area contributed by atoms with Crippen molar-refractivity contribution in [2.75, 3.05) is 6.61 Å². The zero-order valence-electron chi connectivity index (χ0n) is 12.7. The highest BCUT2D eigenvalue weighted by Gasteiger charge is 2.47. The van der Waals surface area contributed by atoms with Gasteiger partial charge in [0.15, 0.2) is 6.23 Å². The number of esters is 2. The van der Waals surface area contributed by atoms with E-state index in [9.17, 15) is 19.2 Å². The molecule has 9 nitrogen and oxygen atoms in total. The summed E-state index contributed by atoms with van der Waals surface area (Å²) in [6.45, 7) is 2.33. The van der Waals surface area contributed by atoms with Gasteiger partial charge < -0.3 is 14.2 Å². The predicted molar refractivity (Wildman–Crippen MR) is 87.8 cm³/mol. The van der Waals surface area contributed by atoms with Crippen LogP contribution in [-0.2, 0) is 23.8 Å². The van der Waals surface area contributed by atoms with Crippen molar-refractivity contribution in [1.29, 1.82) is 0 Å². The molecular weight excluding hydrogens is 456 g/mol. The van der Waals surface area contributed by atoms with E-state index in [1.54, 1.807) is 0 Å². The number of hydrogen-bond donors (Lipinski definition) is 1. The minimum absolute atomic E-state index is 0.137. The Morgan fingerprint density at radius 2 is 2.00 bits per heavy atom. The van der Waals surface area contributed by atoms with E-state index in [1.807, 2.05) is 0 Å². The maximum Gasteiger partial charge on any atom is 0.330 e. The van der Waals surface area contributed by atoms with Crippen LogP contribution in [0.5, 0.6) is 0 Å². The summed E-state index contributed by atoms with van der Waals surface area (Å²) in [5, 5.41) is 0. The number of alkyl halides is 1. The van der Waals surface area contributed by atoms with Crippen molar-refractivity contribution in [3.63, 3.8) is 0 Å². The fourth-order valence-electron chi connectivity index (χ4n) is 2.23. The maximum atomic E-state index is 12.0. The number of H-pyrrole nitrogens is 1. The average molecular weight is 470 g/mol. The third-order valence-electron chi connectivity index (χ3n) is 3.22. The standard InChI is InChI=1S/C13H14Br2N2O7/c1-5(18)22-4-8-10(23-6(2)19)9(15)12(24-8)17-3-7(14)11(20)16-13(17)21/h3,8-10,12H,4H2,1-2H3,(H,16,20,21)/t8-,9+,10-,12-/m1/s1. The topological polar surface area (TPSA) is 117 Å². The van der Waals surface area contributed by atoms with Gasteiger partial charge >= 0.3 is 17.6 Å². The summed E-state index contributed by atoms with van der Waals surface area (Å²) in [6.07, 6.45) is -1.16. The van der Waals surface area contributed by atoms with E-state index in [0.29, 0.717) is 0 Å². The second kappa shape index (κ2) is 7.62. The Bertz CT molecular complexity index is 759. The van der Waals surface area contributed by atoms with Gasteiger partial charge in [-0.05, 0) is 15.9 Å². The molecule has 1 saturated heterocycles. The first kappa shape index (κ1) is 18.9. The van der Waals surface area contributed by atoms with Crippen LogP contribution in [-0.4, -0.2) is 45.1 Å². The number of carbonyl (C=O) groups excluding carboxylic acids is 2. The molecule has 1 aromatic rings. The van der Waals surface area contributed by atoms with Gasteiger partial charge in [-0.3, -0.25) is 23.9 Å². The molecule has 4 atom stereocenters. The zero-order valence-corrected chi connectivity index (χ0v) is 15.8. The Morgan fingerprint density at radius 1 is 1.33 bits per heavy atom. The second-order valence-corrected chi connectivity index (χ2v) is 6.94. The summed E-state index contributed by atoms with van der Waals surface area (Å²) in [7, 11) is 0. The molecule has 0 unspecified atom stereocenters. The minimum Gasteiger partial charge on any atom is -0.463 e. The van der Waals surface area contributed by atoms with Crippen LogP contribution in [0.25, 0.3) is 0 Å². The highest BCUT2D eigenvalue weighted by atomic mass is 79.9. The molecule has 0 bridgehead atoms. The quantitative estimate of drug-likeness (QED) is 0.502. The van der Waals surface area contributed by atoms with Crippen LogP contribution in [0.1, 0.15) is 20.1 Å². The first-order valence-corrected chi connectivity index (χ1v) is 8.52. The van der Waals surface area contributed by atoms with Crippen molar-refractivity contribution in [1.82, 2.24) is 9.55 Å². The number of hydrogen-bond acceptors (Lipinski definition) is 7. The van der Waals surface area contributed by atoms with Gasteiger partial charge in [-0.2, -0.15) is 0 Å². The first-order valence-electron chi connectivity index (χ1n) is 6.81. The van der Waals surface area contributed by atoms with Crippen molar-refractivity contribution in [2.24, 2.45) is 0 Å². The molecule has 0 amide bonds. The lowest BCUT2D eigenvalue weighted by atomic mass is 10.2. The number of carbonyl (C=O) groups is 2. The van der Waals surface area contributed by atoms with Crippen molar-refractivity contribution in [2.45, 2.75) is 37.1 Å². The highest BCUT2D eigenvalue weighted by molar-refractivity contribution is 9.10. The predicted octanol–water partition coefficient (Wildman–Crippen LogP) is 0.455. The Balaban J connectivity index is 2.33. The molecule has 0 aromatic carbocycles. The van der Waals surface area contributed by atoms with E-state index >= 15 is 0 Å². The molecule has 2 rings (SSSR count). The fourth-order valence-corrected chi connectivity index (χ4v) is 3.38. The molecule has 2 heterocycles. The lowest BCUT2D eigenvalue weighted by molar-refractivity contribution is -0.155. The summed E-state index contributed by atoms with van der Waals surface area (Å²) in [4.78, 5) is 47.3. The van der Waals surface area contributed by atoms with Crippen molar-refractivity contribution < 1.29 is 23.8 Å². The smallest absolute Gasteiger partial charge is 0.330 e. The lowest BCUT2D eigenvalue weighted by Gasteiger charge is -2.19. The molecule has 11 heteroatoms. The van der Waals surface area contributed by atoms with Gasteiger partial charge in [-0.1, -0.05) is 15.9 Å².